The molecule has 0 atom stereocenters. The normalized spacial score (nSPS) is 14.9. The van der Waals surface area contributed by atoms with Crippen LogP contribution in [0.2, 0.25) is 0 Å². The standard InChI is InChI=1S/C21H22N6O/c1-14-11-18(24-27-13-15(2)23-20(14)27)16-5-8-26-17(12-16)3-4-19(21(26)28)25-9-6-22-7-10-25/h3-5,8,11-13,22H,6-7,9-10H2,1-2H3. The maximum Gasteiger partial charge on any atom is 0.278 e. The Morgan fingerprint density at radius 2 is 1.89 bits per heavy atom. The van der Waals surface area contributed by atoms with Crippen molar-refractivity contribution in [3.63, 3.8) is 0 Å². The molecule has 1 aliphatic heterocycles. The monoisotopic (exact) mass is 374 g/mol. The maximum absolute atomic E-state index is 13.0. The molecular formula is C21H22N6O. The van der Waals surface area contributed by atoms with Crippen LogP contribution in [0, 0.1) is 13.8 Å². The van der Waals surface area contributed by atoms with Crippen molar-refractivity contribution in [1.29, 1.82) is 0 Å². The highest BCUT2D eigenvalue weighted by Gasteiger charge is 2.15. The molecule has 7 heteroatoms. The van der Waals surface area contributed by atoms with Crippen molar-refractivity contribution in [2.45, 2.75) is 13.8 Å². The number of fused-ring (bicyclic) bond motifs is 2. The van der Waals surface area contributed by atoms with Gasteiger partial charge in [0.15, 0.2) is 5.65 Å². The second kappa shape index (κ2) is 6.45. The zero-order valence-corrected chi connectivity index (χ0v) is 16.0. The summed E-state index contributed by atoms with van der Waals surface area (Å²) in [6.07, 6.45) is 3.77. The van der Waals surface area contributed by atoms with Crippen LogP contribution in [-0.2, 0) is 0 Å². The molecule has 0 unspecified atom stereocenters. The predicted molar refractivity (Wildman–Crippen MR) is 110 cm³/mol. The molecule has 4 aromatic heterocycles. The van der Waals surface area contributed by atoms with Crippen LogP contribution in [0.15, 0.2) is 47.5 Å². The summed E-state index contributed by atoms with van der Waals surface area (Å²) >= 11 is 0. The number of hydrogen-bond acceptors (Lipinski definition) is 5. The molecule has 1 aliphatic rings. The van der Waals surface area contributed by atoms with Crippen molar-refractivity contribution in [2.75, 3.05) is 31.1 Å². The first-order valence-electron chi connectivity index (χ1n) is 9.55. The molecule has 0 saturated carbocycles. The molecule has 0 amide bonds. The van der Waals surface area contributed by atoms with Crippen LogP contribution in [0.25, 0.3) is 22.4 Å². The minimum absolute atomic E-state index is 0.0239. The molecule has 1 saturated heterocycles. The smallest absolute Gasteiger partial charge is 0.278 e. The molecule has 0 bridgehead atoms. The minimum atomic E-state index is 0.0239. The molecular weight excluding hydrogens is 352 g/mol. The van der Waals surface area contributed by atoms with Crippen molar-refractivity contribution in [3.8, 4) is 11.3 Å². The van der Waals surface area contributed by atoms with E-state index in [9.17, 15) is 4.79 Å². The summed E-state index contributed by atoms with van der Waals surface area (Å²) in [5, 5.41) is 8.02. The number of aryl methyl sites for hydroxylation is 2. The molecule has 28 heavy (non-hydrogen) atoms. The van der Waals surface area contributed by atoms with E-state index in [0.717, 1.165) is 65.5 Å². The molecule has 5 rings (SSSR count). The molecule has 1 N–H and O–H groups in total. The maximum atomic E-state index is 13.0. The SMILES string of the molecule is Cc1cn2nc(-c3ccn4c(=O)c(N5CCNCC5)ccc4c3)cc(C)c2n1. The quantitative estimate of drug-likeness (QED) is 0.582. The number of anilines is 1. The zero-order chi connectivity index (χ0) is 19.3. The lowest BCUT2D eigenvalue weighted by Gasteiger charge is -2.28. The van der Waals surface area contributed by atoms with E-state index in [4.69, 9.17) is 5.10 Å². The van der Waals surface area contributed by atoms with Crippen LogP contribution in [-0.4, -0.2) is 45.2 Å². The number of nitrogens with zero attached hydrogens (tertiary/aromatic N) is 5. The number of rotatable bonds is 2. The van der Waals surface area contributed by atoms with Gasteiger partial charge < -0.3 is 10.2 Å². The number of pyridine rings is 2. The second-order valence-corrected chi connectivity index (χ2v) is 7.33. The summed E-state index contributed by atoms with van der Waals surface area (Å²) in [6.45, 7) is 7.52. The summed E-state index contributed by atoms with van der Waals surface area (Å²) in [5.41, 5.74) is 6.38. The van der Waals surface area contributed by atoms with E-state index in [1.807, 2.05) is 61.1 Å². The van der Waals surface area contributed by atoms with Gasteiger partial charge in [-0.15, -0.1) is 0 Å². The van der Waals surface area contributed by atoms with Crippen LogP contribution >= 0.6 is 0 Å². The van der Waals surface area contributed by atoms with Crippen molar-refractivity contribution in [1.82, 2.24) is 24.3 Å². The third-order valence-corrected chi connectivity index (χ3v) is 5.32. The lowest BCUT2D eigenvalue weighted by molar-refractivity contribution is 0.587. The fraction of sp³-hybridized carbons (Fsp3) is 0.286. The van der Waals surface area contributed by atoms with E-state index in [2.05, 4.69) is 15.2 Å². The fourth-order valence-electron chi connectivity index (χ4n) is 3.88. The van der Waals surface area contributed by atoms with Crippen molar-refractivity contribution in [2.24, 2.45) is 0 Å². The number of nitrogens with one attached hydrogen (secondary N) is 1. The highest BCUT2D eigenvalue weighted by molar-refractivity contribution is 5.69. The van der Waals surface area contributed by atoms with E-state index in [1.165, 1.54) is 0 Å². The fourth-order valence-corrected chi connectivity index (χ4v) is 3.88. The van der Waals surface area contributed by atoms with Crippen molar-refractivity contribution in [3.05, 3.63) is 64.3 Å². The first-order valence-corrected chi connectivity index (χ1v) is 9.55. The molecule has 0 aliphatic carbocycles. The zero-order valence-electron chi connectivity index (χ0n) is 16.0. The van der Waals surface area contributed by atoms with Crippen LogP contribution < -0.4 is 15.8 Å². The van der Waals surface area contributed by atoms with Crippen molar-refractivity contribution >= 4 is 16.9 Å². The van der Waals surface area contributed by atoms with E-state index < -0.39 is 0 Å². The summed E-state index contributed by atoms with van der Waals surface area (Å²) < 4.78 is 3.54. The highest BCUT2D eigenvalue weighted by atomic mass is 16.1. The molecule has 5 heterocycles. The molecule has 1 fully saturated rings. The third kappa shape index (κ3) is 2.75. The summed E-state index contributed by atoms with van der Waals surface area (Å²) in [7, 11) is 0. The molecule has 0 spiro atoms. The van der Waals surface area contributed by atoms with Crippen molar-refractivity contribution < 1.29 is 0 Å². The van der Waals surface area contributed by atoms with Gasteiger partial charge in [0.2, 0.25) is 0 Å². The summed E-state index contributed by atoms with van der Waals surface area (Å²) in [5.74, 6) is 0. The molecule has 142 valence electrons. The Balaban J connectivity index is 1.59. The Morgan fingerprint density at radius 1 is 1.07 bits per heavy atom. The van der Waals surface area contributed by atoms with Gasteiger partial charge >= 0.3 is 0 Å². The van der Waals surface area contributed by atoms with E-state index in [-0.39, 0.29) is 5.56 Å². The second-order valence-electron chi connectivity index (χ2n) is 7.33. The van der Waals surface area contributed by atoms with Gasteiger partial charge in [-0.3, -0.25) is 9.20 Å². The van der Waals surface area contributed by atoms with Gasteiger partial charge in [0.1, 0.15) is 5.69 Å². The number of hydrogen-bond donors (Lipinski definition) is 1. The Labute approximate surface area is 162 Å². The van der Waals surface area contributed by atoms with Gasteiger partial charge in [-0.2, -0.15) is 5.10 Å². The van der Waals surface area contributed by atoms with E-state index >= 15 is 0 Å². The first kappa shape index (κ1) is 16.9. The van der Waals surface area contributed by atoms with Gasteiger partial charge in [0.05, 0.1) is 17.6 Å². The lowest BCUT2D eigenvalue weighted by Crippen LogP contribution is -2.45. The van der Waals surface area contributed by atoms with Gasteiger partial charge in [-0.05, 0) is 49.7 Å². The largest absolute Gasteiger partial charge is 0.365 e. The predicted octanol–water partition coefficient (Wildman–Crippen LogP) is 2.04. The Kier molecular flexibility index (Phi) is 3.91. The Bertz CT molecular complexity index is 1250. The van der Waals surface area contributed by atoms with E-state index in [0.29, 0.717) is 0 Å². The lowest BCUT2D eigenvalue weighted by atomic mass is 10.1. The van der Waals surface area contributed by atoms with Crippen LogP contribution in [0.3, 0.4) is 0 Å². The molecule has 4 aromatic rings. The van der Waals surface area contributed by atoms with Gasteiger partial charge in [0, 0.05) is 43.5 Å². The molecule has 0 aromatic carbocycles. The number of imidazole rings is 1. The average molecular weight is 374 g/mol. The van der Waals surface area contributed by atoms with E-state index in [1.54, 1.807) is 4.40 Å². The highest BCUT2D eigenvalue weighted by Crippen LogP contribution is 2.22. The van der Waals surface area contributed by atoms with Crippen LogP contribution in [0.4, 0.5) is 5.69 Å². The Hall–Kier alpha value is -3.19. The summed E-state index contributed by atoms with van der Waals surface area (Å²) in [4.78, 5) is 19.6. The summed E-state index contributed by atoms with van der Waals surface area (Å²) in [6, 6.07) is 9.96. The van der Waals surface area contributed by atoms with Gasteiger partial charge in [-0.1, -0.05) is 0 Å². The third-order valence-electron chi connectivity index (χ3n) is 5.32. The number of piperazine rings is 1. The average Bonchev–Trinajstić information content (AvgIpc) is 3.09. The molecule has 7 nitrogen and oxygen atoms in total. The molecule has 0 radical (unpaired) electrons. The minimum Gasteiger partial charge on any atom is -0.365 e. The topological polar surface area (TPSA) is 66.9 Å². The van der Waals surface area contributed by atoms with Crippen LogP contribution in [0.5, 0.6) is 0 Å². The van der Waals surface area contributed by atoms with Gasteiger partial charge in [0.25, 0.3) is 5.56 Å². The van der Waals surface area contributed by atoms with Crippen LogP contribution in [0.1, 0.15) is 11.3 Å². The number of aromatic nitrogens is 4. The Morgan fingerprint density at radius 3 is 2.71 bits per heavy atom. The van der Waals surface area contributed by atoms with Gasteiger partial charge in [-0.25, -0.2) is 9.50 Å². The first-order chi connectivity index (χ1) is 13.6.